The first-order valence-electron chi connectivity index (χ1n) is 6.68. The second-order valence-corrected chi connectivity index (χ2v) is 4.85. The van der Waals surface area contributed by atoms with Gasteiger partial charge < -0.3 is 25.6 Å². The molecular formula is C14H18N2O5. The lowest BCUT2D eigenvalue weighted by Crippen LogP contribution is -2.55. The summed E-state index contributed by atoms with van der Waals surface area (Å²) in [7, 11) is 0. The van der Waals surface area contributed by atoms with E-state index in [0.29, 0.717) is 18.7 Å². The highest BCUT2D eigenvalue weighted by molar-refractivity contribution is 5.87. The highest BCUT2D eigenvalue weighted by Crippen LogP contribution is 2.11. The number of phenols is 1. The molecule has 7 nitrogen and oxygen atoms in total. The van der Waals surface area contributed by atoms with Crippen molar-refractivity contribution in [2.24, 2.45) is 0 Å². The van der Waals surface area contributed by atoms with E-state index in [1.165, 1.54) is 12.1 Å². The third-order valence-electron chi connectivity index (χ3n) is 3.23. The Balaban J connectivity index is 1.96. The number of morpholine rings is 1. The van der Waals surface area contributed by atoms with Crippen molar-refractivity contribution in [2.75, 3.05) is 19.8 Å². The molecule has 1 aromatic rings. The van der Waals surface area contributed by atoms with Gasteiger partial charge >= 0.3 is 5.97 Å². The monoisotopic (exact) mass is 294 g/mol. The number of hydrogen-bond donors (Lipinski definition) is 4. The van der Waals surface area contributed by atoms with Gasteiger partial charge in [-0.25, -0.2) is 4.79 Å². The van der Waals surface area contributed by atoms with Crippen molar-refractivity contribution in [3.05, 3.63) is 29.8 Å². The van der Waals surface area contributed by atoms with Gasteiger partial charge in [-0.2, -0.15) is 0 Å². The molecule has 21 heavy (non-hydrogen) atoms. The average Bonchev–Trinajstić information content (AvgIpc) is 2.49. The molecular weight excluding hydrogens is 276 g/mol. The fourth-order valence-corrected chi connectivity index (χ4v) is 2.07. The maximum Gasteiger partial charge on any atom is 0.326 e. The molecule has 0 aliphatic carbocycles. The summed E-state index contributed by atoms with van der Waals surface area (Å²) in [4.78, 5) is 23.3. The molecule has 1 saturated heterocycles. The number of hydrogen-bond acceptors (Lipinski definition) is 5. The van der Waals surface area contributed by atoms with Crippen LogP contribution in [0.3, 0.4) is 0 Å². The van der Waals surface area contributed by atoms with Crippen LogP contribution >= 0.6 is 0 Å². The minimum absolute atomic E-state index is 0.109. The highest BCUT2D eigenvalue weighted by atomic mass is 16.5. The third kappa shape index (κ3) is 4.44. The molecule has 2 rings (SSSR count). The Labute approximate surface area is 121 Å². The molecule has 114 valence electrons. The lowest BCUT2D eigenvalue weighted by Gasteiger charge is -2.24. The number of phenolic OH excluding ortho intramolecular Hbond substituents is 1. The van der Waals surface area contributed by atoms with Crippen LogP contribution in [-0.2, 0) is 20.7 Å². The molecule has 0 bridgehead atoms. The minimum Gasteiger partial charge on any atom is -0.508 e. The Morgan fingerprint density at radius 3 is 2.67 bits per heavy atom. The van der Waals surface area contributed by atoms with Crippen LogP contribution in [0.15, 0.2) is 24.3 Å². The van der Waals surface area contributed by atoms with Gasteiger partial charge in [-0.1, -0.05) is 12.1 Å². The molecule has 0 aromatic heterocycles. The Kier molecular flexibility index (Phi) is 5.13. The van der Waals surface area contributed by atoms with E-state index in [-0.39, 0.29) is 24.7 Å². The van der Waals surface area contributed by atoms with Crippen LogP contribution in [0.4, 0.5) is 0 Å². The summed E-state index contributed by atoms with van der Waals surface area (Å²) < 4.78 is 5.18. The van der Waals surface area contributed by atoms with Crippen molar-refractivity contribution < 1.29 is 24.5 Å². The van der Waals surface area contributed by atoms with Crippen LogP contribution in [0, 0.1) is 0 Å². The predicted octanol–water partition coefficient (Wildman–Crippen LogP) is -0.507. The number of carbonyl (C=O) groups is 2. The molecule has 1 heterocycles. The normalized spacial score (nSPS) is 19.7. The summed E-state index contributed by atoms with van der Waals surface area (Å²) in [6.45, 7) is 1.34. The van der Waals surface area contributed by atoms with Crippen LogP contribution in [0.1, 0.15) is 5.56 Å². The molecule has 1 aliphatic rings. The van der Waals surface area contributed by atoms with E-state index in [4.69, 9.17) is 4.74 Å². The van der Waals surface area contributed by atoms with E-state index >= 15 is 0 Å². The van der Waals surface area contributed by atoms with Crippen LogP contribution < -0.4 is 10.6 Å². The molecule has 1 amide bonds. The van der Waals surface area contributed by atoms with Gasteiger partial charge in [-0.15, -0.1) is 0 Å². The number of carbonyl (C=O) groups excluding carboxylic acids is 1. The maximum atomic E-state index is 12.0. The van der Waals surface area contributed by atoms with Gasteiger partial charge in [-0.3, -0.25) is 4.79 Å². The van der Waals surface area contributed by atoms with E-state index in [2.05, 4.69) is 10.6 Å². The SMILES string of the molecule is O=C(N[C@@H](Cc1ccc(O)cc1)C(=O)O)C1COCCN1. The zero-order valence-electron chi connectivity index (χ0n) is 11.4. The van der Waals surface area contributed by atoms with Crippen molar-refractivity contribution in [1.82, 2.24) is 10.6 Å². The molecule has 0 saturated carbocycles. The number of carboxylic acid groups (broad SMARTS) is 1. The molecule has 4 N–H and O–H groups in total. The van der Waals surface area contributed by atoms with E-state index in [9.17, 15) is 19.8 Å². The van der Waals surface area contributed by atoms with Crippen LogP contribution in [0.5, 0.6) is 5.75 Å². The third-order valence-corrected chi connectivity index (χ3v) is 3.23. The van der Waals surface area contributed by atoms with Gasteiger partial charge in [0.2, 0.25) is 5.91 Å². The Hall–Kier alpha value is -2.12. The molecule has 0 radical (unpaired) electrons. The summed E-state index contributed by atoms with van der Waals surface area (Å²) in [6.07, 6.45) is 0.148. The zero-order chi connectivity index (χ0) is 15.2. The molecule has 7 heteroatoms. The first kappa shape index (κ1) is 15.3. The van der Waals surface area contributed by atoms with E-state index < -0.39 is 18.1 Å². The Morgan fingerprint density at radius 1 is 1.38 bits per heavy atom. The van der Waals surface area contributed by atoms with Gasteiger partial charge in [0.1, 0.15) is 17.8 Å². The maximum absolute atomic E-state index is 12.0. The fraction of sp³-hybridized carbons (Fsp3) is 0.429. The number of aliphatic carboxylic acids is 1. The quantitative estimate of drug-likeness (QED) is 0.583. The summed E-state index contributed by atoms with van der Waals surface area (Å²) in [5.41, 5.74) is 0.716. The summed E-state index contributed by atoms with van der Waals surface area (Å²) in [6, 6.07) is 4.66. The molecule has 1 aromatic carbocycles. The Bertz CT molecular complexity index is 497. The lowest BCUT2D eigenvalue weighted by atomic mass is 10.1. The highest BCUT2D eigenvalue weighted by Gasteiger charge is 2.26. The molecule has 1 unspecified atom stereocenters. The van der Waals surface area contributed by atoms with Crippen molar-refractivity contribution in [2.45, 2.75) is 18.5 Å². The Morgan fingerprint density at radius 2 is 2.10 bits per heavy atom. The number of nitrogens with one attached hydrogen (secondary N) is 2. The van der Waals surface area contributed by atoms with Gasteiger partial charge in [0.15, 0.2) is 0 Å². The summed E-state index contributed by atoms with van der Waals surface area (Å²) >= 11 is 0. The second-order valence-electron chi connectivity index (χ2n) is 4.85. The second kappa shape index (κ2) is 7.05. The fourth-order valence-electron chi connectivity index (χ4n) is 2.07. The first-order chi connectivity index (χ1) is 10.1. The summed E-state index contributed by atoms with van der Waals surface area (Å²) in [5.74, 6) is -1.38. The van der Waals surface area contributed by atoms with Gasteiger partial charge in [0.05, 0.1) is 13.2 Å². The zero-order valence-corrected chi connectivity index (χ0v) is 11.4. The number of carboxylic acids is 1. The number of rotatable bonds is 5. The van der Waals surface area contributed by atoms with Crippen LogP contribution in [-0.4, -0.2) is 53.9 Å². The number of benzene rings is 1. The average molecular weight is 294 g/mol. The van der Waals surface area contributed by atoms with Gasteiger partial charge in [-0.05, 0) is 17.7 Å². The molecule has 1 aliphatic heterocycles. The van der Waals surface area contributed by atoms with E-state index in [0.717, 1.165) is 0 Å². The lowest BCUT2D eigenvalue weighted by molar-refractivity contribution is -0.142. The number of aromatic hydroxyl groups is 1. The molecule has 0 spiro atoms. The van der Waals surface area contributed by atoms with Crippen LogP contribution in [0.2, 0.25) is 0 Å². The van der Waals surface area contributed by atoms with Crippen molar-refractivity contribution in [1.29, 1.82) is 0 Å². The number of ether oxygens (including phenoxy) is 1. The topological polar surface area (TPSA) is 108 Å². The van der Waals surface area contributed by atoms with Gasteiger partial charge in [0, 0.05) is 13.0 Å². The van der Waals surface area contributed by atoms with Crippen LogP contribution in [0.25, 0.3) is 0 Å². The van der Waals surface area contributed by atoms with Crippen molar-refractivity contribution in [3.8, 4) is 5.75 Å². The molecule has 1 fully saturated rings. The smallest absolute Gasteiger partial charge is 0.326 e. The van der Waals surface area contributed by atoms with Crippen molar-refractivity contribution in [3.63, 3.8) is 0 Å². The number of amides is 1. The molecule has 2 atom stereocenters. The summed E-state index contributed by atoms with van der Waals surface area (Å²) in [5, 5.41) is 23.9. The van der Waals surface area contributed by atoms with E-state index in [1.54, 1.807) is 12.1 Å². The standard InChI is InChI=1S/C14H18N2O5/c17-10-3-1-9(2-4-10)7-11(14(19)20)16-13(18)12-8-21-6-5-15-12/h1-4,11-12,15,17H,5-8H2,(H,16,18)(H,19,20)/t11-,12?/m0/s1. The van der Waals surface area contributed by atoms with Crippen molar-refractivity contribution >= 4 is 11.9 Å². The largest absolute Gasteiger partial charge is 0.508 e. The predicted molar refractivity (Wildman–Crippen MR) is 74.0 cm³/mol. The first-order valence-corrected chi connectivity index (χ1v) is 6.68. The van der Waals surface area contributed by atoms with Gasteiger partial charge in [0.25, 0.3) is 0 Å². The minimum atomic E-state index is -1.10. The van der Waals surface area contributed by atoms with E-state index in [1.807, 2.05) is 0 Å².